The van der Waals surface area contributed by atoms with E-state index in [2.05, 4.69) is 10.6 Å². The SMILES string of the molecule is O=C(NCCCc1nc2c(s1)CCCC2)[C@@H]1COCCN1. The molecule has 1 amide bonds. The molecule has 21 heavy (non-hydrogen) atoms. The van der Waals surface area contributed by atoms with Crippen LogP contribution in [-0.2, 0) is 28.8 Å². The summed E-state index contributed by atoms with van der Waals surface area (Å²) in [6.07, 6.45) is 6.86. The van der Waals surface area contributed by atoms with E-state index in [9.17, 15) is 4.79 Å². The lowest BCUT2D eigenvalue weighted by Crippen LogP contribution is -2.51. The van der Waals surface area contributed by atoms with Gasteiger partial charge in [0.25, 0.3) is 0 Å². The number of amides is 1. The van der Waals surface area contributed by atoms with Gasteiger partial charge < -0.3 is 15.4 Å². The van der Waals surface area contributed by atoms with Gasteiger partial charge in [0.15, 0.2) is 0 Å². The Kier molecular flexibility index (Phi) is 5.22. The number of hydrogen-bond acceptors (Lipinski definition) is 5. The topological polar surface area (TPSA) is 63.2 Å². The molecule has 1 fully saturated rings. The lowest BCUT2D eigenvalue weighted by molar-refractivity contribution is -0.125. The molecule has 0 bridgehead atoms. The molecule has 116 valence electrons. The second kappa shape index (κ2) is 7.33. The molecule has 1 atom stereocenters. The third-order valence-electron chi connectivity index (χ3n) is 3.99. The Balaban J connectivity index is 1.38. The van der Waals surface area contributed by atoms with Crippen LogP contribution in [0.2, 0.25) is 0 Å². The van der Waals surface area contributed by atoms with E-state index < -0.39 is 0 Å². The Labute approximate surface area is 129 Å². The van der Waals surface area contributed by atoms with Crippen LogP contribution in [0.5, 0.6) is 0 Å². The number of rotatable bonds is 5. The average molecular weight is 309 g/mol. The lowest BCUT2D eigenvalue weighted by atomic mass is 10.0. The maximum atomic E-state index is 11.9. The van der Waals surface area contributed by atoms with Gasteiger partial charge in [-0.05, 0) is 32.1 Å². The van der Waals surface area contributed by atoms with Crippen LogP contribution >= 0.6 is 11.3 Å². The van der Waals surface area contributed by atoms with Crippen molar-refractivity contribution in [1.29, 1.82) is 0 Å². The van der Waals surface area contributed by atoms with Gasteiger partial charge in [0.1, 0.15) is 6.04 Å². The average Bonchev–Trinajstić information content (AvgIpc) is 2.95. The molecule has 0 unspecified atom stereocenters. The van der Waals surface area contributed by atoms with E-state index in [1.807, 2.05) is 11.3 Å². The van der Waals surface area contributed by atoms with Crippen LogP contribution in [0.15, 0.2) is 0 Å². The third-order valence-corrected chi connectivity index (χ3v) is 5.21. The van der Waals surface area contributed by atoms with Crippen molar-refractivity contribution in [2.75, 3.05) is 26.3 Å². The molecule has 2 heterocycles. The minimum absolute atomic E-state index is 0.0492. The van der Waals surface area contributed by atoms with Crippen LogP contribution in [0.3, 0.4) is 0 Å². The zero-order chi connectivity index (χ0) is 14.5. The molecule has 0 radical (unpaired) electrons. The second-order valence-electron chi connectivity index (χ2n) is 5.66. The molecular weight excluding hydrogens is 286 g/mol. The first-order valence-electron chi connectivity index (χ1n) is 7.89. The predicted octanol–water partition coefficient (Wildman–Crippen LogP) is 1.06. The Hall–Kier alpha value is -0.980. The zero-order valence-corrected chi connectivity index (χ0v) is 13.1. The summed E-state index contributed by atoms with van der Waals surface area (Å²) in [5.41, 5.74) is 1.33. The summed E-state index contributed by atoms with van der Waals surface area (Å²) in [6, 6.07) is -0.189. The van der Waals surface area contributed by atoms with Gasteiger partial charge >= 0.3 is 0 Å². The molecule has 1 aliphatic heterocycles. The highest BCUT2D eigenvalue weighted by Crippen LogP contribution is 2.27. The van der Waals surface area contributed by atoms with Crippen LogP contribution in [0.4, 0.5) is 0 Å². The van der Waals surface area contributed by atoms with Gasteiger partial charge in [0, 0.05) is 24.4 Å². The molecule has 1 saturated heterocycles. The van der Waals surface area contributed by atoms with Crippen molar-refractivity contribution < 1.29 is 9.53 Å². The van der Waals surface area contributed by atoms with E-state index in [0.717, 1.165) is 25.8 Å². The van der Waals surface area contributed by atoms with Crippen molar-refractivity contribution in [3.8, 4) is 0 Å². The molecule has 2 aliphatic rings. The predicted molar refractivity (Wildman–Crippen MR) is 82.7 cm³/mol. The van der Waals surface area contributed by atoms with Gasteiger partial charge in [-0.1, -0.05) is 0 Å². The Morgan fingerprint density at radius 3 is 3.14 bits per heavy atom. The van der Waals surface area contributed by atoms with Crippen LogP contribution in [-0.4, -0.2) is 43.2 Å². The number of nitrogens with zero attached hydrogens (tertiary/aromatic N) is 1. The van der Waals surface area contributed by atoms with Gasteiger partial charge in [-0.3, -0.25) is 4.79 Å². The zero-order valence-electron chi connectivity index (χ0n) is 12.3. The molecule has 0 saturated carbocycles. The van der Waals surface area contributed by atoms with E-state index in [1.54, 1.807) is 0 Å². The summed E-state index contributed by atoms with van der Waals surface area (Å²) in [7, 11) is 0. The fourth-order valence-corrected chi connectivity index (χ4v) is 4.02. The monoisotopic (exact) mass is 309 g/mol. The molecule has 0 aromatic carbocycles. The number of carbonyl (C=O) groups excluding carboxylic acids is 1. The molecular formula is C15H23N3O2S. The highest BCUT2D eigenvalue weighted by molar-refractivity contribution is 7.11. The third kappa shape index (κ3) is 4.02. The smallest absolute Gasteiger partial charge is 0.239 e. The highest BCUT2D eigenvalue weighted by atomic mass is 32.1. The Bertz CT molecular complexity index is 460. The standard InChI is InChI=1S/C15H23N3O2S/c19-15(12-10-20-9-8-16-12)17-7-3-6-14-18-11-4-1-2-5-13(11)21-14/h12,16H,1-10H2,(H,17,19)/t12-/m0/s1. The molecule has 1 aromatic rings. The normalized spacial score (nSPS) is 21.8. The van der Waals surface area contributed by atoms with E-state index in [-0.39, 0.29) is 11.9 Å². The van der Waals surface area contributed by atoms with Crippen molar-refractivity contribution >= 4 is 17.2 Å². The quantitative estimate of drug-likeness (QED) is 0.798. The molecule has 0 spiro atoms. The molecule has 3 rings (SSSR count). The second-order valence-corrected chi connectivity index (χ2v) is 6.83. The van der Waals surface area contributed by atoms with Crippen LogP contribution in [0, 0.1) is 0 Å². The Morgan fingerprint density at radius 1 is 1.43 bits per heavy atom. The van der Waals surface area contributed by atoms with E-state index in [0.29, 0.717) is 19.8 Å². The van der Waals surface area contributed by atoms with Crippen molar-refractivity contribution in [2.45, 2.75) is 44.6 Å². The minimum Gasteiger partial charge on any atom is -0.378 e. The van der Waals surface area contributed by atoms with E-state index in [1.165, 1.54) is 34.8 Å². The molecule has 1 aliphatic carbocycles. The highest BCUT2D eigenvalue weighted by Gasteiger charge is 2.20. The first kappa shape index (κ1) is 14.9. The summed E-state index contributed by atoms with van der Waals surface area (Å²) in [6.45, 7) is 2.63. The lowest BCUT2D eigenvalue weighted by Gasteiger charge is -2.22. The van der Waals surface area contributed by atoms with Crippen LogP contribution in [0.1, 0.15) is 34.8 Å². The van der Waals surface area contributed by atoms with Gasteiger partial charge in [0.2, 0.25) is 5.91 Å². The molecule has 6 heteroatoms. The van der Waals surface area contributed by atoms with Gasteiger partial charge in [0.05, 0.1) is 23.9 Å². The number of morpholine rings is 1. The minimum atomic E-state index is -0.189. The van der Waals surface area contributed by atoms with Crippen molar-refractivity contribution in [1.82, 2.24) is 15.6 Å². The number of nitrogens with one attached hydrogen (secondary N) is 2. The molecule has 5 nitrogen and oxygen atoms in total. The van der Waals surface area contributed by atoms with Crippen LogP contribution in [0.25, 0.3) is 0 Å². The largest absolute Gasteiger partial charge is 0.378 e. The number of carbonyl (C=O) groups is 1. The number of ether oxygens (including phenoxy) is 1. The van der Waals surface area contributed by atoms with Gasteiger partial charge in [-0.2, -0.15) is 0 Å². The van der Waals surface area contributed by atoms with Gasteiger partial charge in [-0.25, -0.2) is 4.98 Å². The summed E-state index contributed by atoms with van der Waals surface area (Å²) in [4.78, 5) is 18.1. The fraction of sp³-hybridized carbons (Fsp3) is 0.733. The van der Waals surface area contributed by atoms with Crippen LogP contribution < -0.4 is 10.6 Å². The maximum absolute atomic E-state index is 11.9. The molecule has 1 aromatic heterocycles. The Morgan fingerprint density at radius 2 is 2.33 bits per heavy atom. The summed E-state index contributed by atoms with van der Waals surface area (Å²) in [5, 5.41) is 7.37. The molecule has 2 N–H and O–H groups in total. The number of aromatic nitrogens is 1. The van der Waals surface area contributed by atoms with Gasteiger partial charge in [-0.15, -0.1) is 11.3 Å². The first-order valence-corrected chi connectivity index (χ1v) is 8.71. The number of aryl methyl sites for hydroxylation is 3. The summed E-state index contributed by atoms with van der Waals surface area (Å²) in [5.74, 6) is 0.0492. The summed E-state index contributed by atoms with van der Waals surface area (Å²) >= 11 is 1.87. The maximum Gasteiger partial charge on any atom is 0.239 e. The first-order chi connectivity index (χ1) is 10.3. The van der Waals surface area contributed by atoms with E-state index in [4.69, 9.17) is 9.72 Å². The van der Waals surface area contributed by atoms with Crippen molar-refractivity contribution in [2.24, 2.45) is 0 Å². The number of fused-ring (bicyclic) bond motifs is 1. The number of thiazole rings is 1. The number of hydrogen-bond donors (Lipinski definition) is 2. The van der Waals surface area contributed by atoms with Crippen molar-refractivity contribution in [3.63, 3.8) is 0 Å². The summed E-state index contributed by atoms with van der Waals surface area (Å²) < 4.78 is 5.29. The van der Waals surface area contributed by atoms with Crippen molar-refractivity contribution in [3.05, 3.63) is 15.6 Å². The fourth-order valence-electron chi connectivity index (χ4n) is 2.82. The van der Waals surface area contributed by atoms with E-state index >= 15 is 0 Å².